The van der Waals surface area contributed by atoms with Crippen LogP contribution in [-0.2, 0) is 9.59 Å². The molecule has 1 aliphatic rings. The van der Waals surface area contributed by atoms with Gasteiger partial charge in [-0.1, -0.05) is 0 Å². The lowest BCUT2D eigenvalue weighted by atomic mass is 10.1. The first-order valence-corrected chi connectivity index (χ1v) is 6.42. The highest BCUT2D eigenvalue weighted by Crippen LogP contribution is 2.32. The molecule has 20 heavy (non-hydrogen) atoms. The van der Waals surface area contributed by atoms with Crippen molar-refractivity contribution in [2.24, 2.45) is 11.7 Å². The number of carbonyl (C=O) groups excluding carboxylic acids is 2. The Kier molecular flexibility index (Phi) is 4.02. The summed E-state index contributed by atoms with van der Waals surface area (Å²) in [5.41, 5.74) is 6.10. The molecule has 106 valence electrons. The Morgan fingerprint density at radius 2 is 1.80 bits per heavy atom. The second kappa shape index (κ2) is 5.73. The van der Waals surface area contributed by atoms with E-state index in [0.717, 1.165) is 12.8 Å². The van der Waals surface area contributed by atoms with Crippen LogP contribution < -0.4 is 10.6 Å². The maximum absolute atomic E-state index is 12.2. The standard InChI is InChI=1S/C14H16N2O4/c15-13(19)9-3-5-11(6-4-9)16(8-7-12(17)18)14(20)10-1-2-10/h3-6,10H,1-2,7-8H2,(H2,15,19)(H,17,18). The zero-order valence-electron chi connectivity index (χ0n) is 10.9. The summed E-state index contributed by atoms with van der Waals surface area (Å²) in [4.78, 5) is 35.3. The van der Waals surface area contributed by atoms with E-state index in [9.17, 15) is 14.4 Å². The molecule has 0 aromatic heterocycles. The van der Waals surface area contributed by atoms with Gasteiger partial charge in [-0.05, 0) is 37.1 Å². The molecular weight excluding hydrogens is 260 g/mol. The molecule has 0 heterocycles. The molecule has 1 fully saturated rings. The summed E-state index contributed by atoms with van der Waals surface area (Å²) in [5, 5.41) is 8.76. The Labute approximate surface area is 116 Å². The number of hydrogen-bond donors (Lipinski definition) is 2. The van der Waals surface area contributed by atoms with Gasteiger partial charge in [0.05, 0.1) is 6.42 Å². The molecule has 1 aromatic rings. The van der Waals surface area contributed by atoms with Crippen LogP contribution >= 0.6 is 0 Å². The predicted octanol–water partition coefficient (Wildman–Crippen LogP) is 1.00. The van der Waals surface area contributed by atoms with Crippen LogP contribution in [0.2, 0.25) is 0 Å². The quantitative estimate of drug-likeness (QED) is 0.809. The lowest BCUT2D eigenvalue weighted by molar-refractivity contribution is -0.136. The fourth-order valence-corrected chi connectivity index (χ4v) is 1.93. The Morgan fingerprint density at radius 3 is 2.25 bits per heavy atom. The first-order valence-electron chi connectivity index (χ1n) is 6.42. The highest BCUT2D eigenvalue weighted by molar-refractivity contribution is 5.98. The van der Waals surface area contributed by atoms with Crippen molar-refractivity contribution in [2.45, 2.75) is 19.3 Å². The number of hydrogen-bond acceptors (Lipinski definition) is 3. The predicted molar refractivity (Wildman–Crippen MR) is 72.3 cm³/mol. The number of benzene rings is 1. The van der Waals surface area contributed by atoms with Gasteiger partial charge in [-0.2, -0.15) is 0 Å². The normalized spacial score (nSPS) is 13.8. The number of primary amides is 1. The number of carboxylic acid groups (broad SMARTS) is 1. The van der Waals surface area contributed by atoms with Crippen LogP contribution in [0.4, 0.5) is 5.69 Å². The fraction of sp³-hybridized carbons (Fsp3) is 0.357. The molecule has 1 aromatic carbocycles. The van der Waals surface area contributed by atoms with Crippen LogP contribution in [0, 0.1) is 5.92 Å². The molecule has 0 spiro atoms. The second-order valence-corrected chi connectivity index (χ2v) is 4.82. The lowest BCUT2D eigenvalue weighted by Gasteiger charge is -2.22. The van der Waals surface area contributed by atoms with Crippen LogP contribution in [0.1, 0.15) is 29.6 Å². The summed E-state index contributed by atoms with van der Waals surface area (Å²) in [6.07, 6.45) is 1.58. The summed E-state index contributed by atoms with van der Waals surface area (Å²) in [6, 6.07) is 6.29. The molecular formula is C14H16N2O4. The Balaban J connectivity index is 2.17. The number of carbonyl (C=O) groups is 3. The zero-order chi connectivity index (χ0) is 14.7. The molecule has 0 saturated heterocycles. The van der Waals surface area contributed by atoms with E-state index < -0.39 is 11.9 Å². The first-order chi connectivity index (χ1) is 9.49. The minimum absolute atomic E-state index is 0.000359. The van der Waals surface area contributed by atoms with Crippen molar-refractivity contribution in [3.63, 3.8) is 0 Å². The van der Waals surface area contributed by atoms with Gasteiger partial charge in [0.15, 0.2) is 0 Å². The van der Waals surface area contributed by atoms with Crippen molar-refractivity contribution in [3.8, 4) is 0 Å². The van der Waals surface area contributed by atoms with Gasteiger partial charge < -0.3 is 15.7 Å². The van der Waals surface area contributed by atoms with E-state index in [1.54, 1.807) is 12.1 Å². The maximum atomic E-state index is 12.2. The number of rotatable bonds is 6. The second-order valence-electron chi connectivity index (χ2n) is 4.82. The number of nitrogens with two attached hydrogens (primary N) is 1. The number of amides is 2. The molecule has 1 saturated carbocycles. The number of aliphatic carboxylic acids is 1. The first kappa shape index (κ1) is 14.0. The van der Waals surface area contributed by atoms with Crippen molar-refractivity contribution in [1.29, 1.82) is 0 Å². The zero-order valence-corrected chi connectivity index (χ0v) is 10.9. The number of nitrogens with zero attached hydrogens (tertiary/aromatic N) is 1. The SMILES string of the molecule is NC(=O)c1ccc(N(CCC(=O)O)C(=O)C2CC2)cc1. The van der Waals surface area contributed by atoms with Crippen LogP contribution in [-0.4, -0.2) is 29.4 Å². The third-order valence-corrected chi connectivity index (χ3v) is 3.21. The van der Waals surface area contributed by atoms with Crippen molar-refractivity contribution in [1.82, 2.24) is 0 Å². The third kappa shape index (κ3) is 3.34. The van der Waals surface area contributed by atoms with Crippen molar-refractivity contribution < 1.29 is 19.5 Å². The van der Waals surface area contributed by atoms with Crippen LogP contribution in [0.5, 0.6) is 0 Å². The molecule has 6 nitrogen and oxygen atoms in total. The van der Waals surface area contributed by atoms with E-state index in [2.05, 4.69) is 0 Å². The smallest absolute Gasteiger partial charge is 0.305 e. The summed E-state index contributed by atoms with van der Waals surface area (Å²) < 4.78 is 0. The summed E-state index contributed by atoms with van der Waals surface area (Å²) in [6.45, 7) is 0.126. The van der Waals surface area contributed by atoms with Crippen LogP contribution in [0.15, 0.2) is 24.3 Å². The van der Waals surface area contributed by atoms with Gasteiger partial charge >= 0.3 is 5.97 Å². The third-order valence-electron chi connectivity index (χ3n) is 3.21. The summed E-state index contributed by atoms with van der Waals surface area (Å²) >= 11 is 0. The van der Waals surface area contributed by atoms with Gasteiger partial charge in [0.2, 0.25) is 11.8 Å². The van der Waals surface area contributed by atoms with Crippen LogP contribution in [0.3, 0.4) is 0 Å². The van der Waals surface area contributed by atoms with Gasteiger partial charge in [0.1, 0.15) is 0 Å². The molecule has 2 amide bonds. The van der Waals surface area contributed by atoms with Crippen molar-refractivity contribution >= 4 is 23.5 Å². The van der Waals surface area contributed by atoms with Gasteiger partial charge in [-0.25, -0.2) is 0 Å². The molecule has 0 aliphatic heterocycles. The van der Waals surface area contributed by atoms with Gasteiger partial charge in [-0.15, -0.1) is 0 Å². The van der Waals surface area contributed by atoms with E-state index in [0.29, 0.717) is 11.3 Å². The van der Waals surface area contributed by atoms with E-state index in [-0.39, 0.29) is 24.8 Å². The Morgan fingerprint density at radius 1 is 1.20 bits per heavy atom. The number of anilines is 1. The molecule has 0 radical (unpaired) electrons. The molecule has 2 rings (SSSR count). The van der Waals surface area contributed by atoms with E-state index >= 15 is 0 Å². The van der Waals surface area contributed by atoms with Gasteiger partial charge in [0.25, 0.3) is 0 Å². The molecule has 0 unspecified atom stereocenters. The number of carboxylic acids is 1. The minimum atomic E-state index is -0.952. The highest BCUT2D eigenvalue weighted by Gasteiger charge is 2.34. The fourth-order valence-electron chi connectivity index (χ4n) is 1.93. The monoisotopic (exact) mass is 276 g/mol. The topological polar surface area (TPSA) is 101 Å². The molecule has 0 bridgehead atoms. The van der Waals surface area contributed by atoms with E-state index in [1.807, 2.05) is 0 Å². The van der Waals surface area contributed by atoms with Gasteiger partial charge in [0, 0.05) is 23.7 Å². The molecule has 1 aliphatic carbocycles. The average Bonchev–Trinajstić information content (AvgIpc) is 3.23. The van der Waals surface area contributed by atoms with Crippen LogP contribution in [0.25, 0.3) is 0 Å². The molecule has 0 atom stereocenters. The average molecular weight is 276 g/mol. The van der Waals surface area contributed by atoms with Gasteiger partial charge in [-0.3, -0.25) is 14.4 Å². The Bertz CT molecular complexity index is 535. The molecule has 3 N–H and O–H groups in total. The van der Waals surface area contributed by atoms with E-state index in [1.165, 1.54) is 17.0 Å². The Hall–Kier alpha value is -2.37. The van der Waals surface area contributed by atoms with Crippen molar-refractivity contribution in [3.05, 3.63) is 29.8 Å². The maximum Gasteiger partial charge on any atom is 0.305 e. The highest BCUT2D eigenvalue weighted by atomic mass is 16.4. The lowest BCUT2D eigenvalue weighted by Crippen LogP contribution is -2.34. The molecule has 6 heteroatoms. The largest absolute Gasteiger partial charge is 0.481 e. The summed E-state index contributed by atoms with van der Waals surface area (Å²) in [7, 11) is 0. The van der Waals surface area contributed by atoms with Crippen molar-refractivity contribution in [2.75, 3.05) is 11.4 Å². The minimum Gasteiger partial charge on any atom is -0.481 e. The van der Waals surface area contributed by atoms with E-state index in [4.69, 9.17) is 10.8 Å². The summed E-state index contributed by atoms with van der Waals surface area (Å²) in [5.74, 6) is -1.55.